The van der Waals surface area contributed by atoms with Crippen molar-refractivity contribution >= 4 is 23.0 Å². The molecule has 1 aromatic carbocycles. The van der Waals surface area contributed by atoms with E-state index >= 15 is 0 Å². The number of halogens is 1. The third-order valence-corrected chi connectivity index (χ3v) is 4.13. The smallest absolute Gasteiger partial charge is 0.0397 e. The molecule has 0 fully saturated rings. The molecular formula is C18H31ClN2. The van der Waals surface area contributed by atoms with Gasteiger partial charge in [-0.2, -0.15) is 0 Å². The fourth-order valence-electron chi connectivity index (χ4n) is 2.63. The van der Waals surface area contributed by atoms with Crippen molar-refractivity contribution in [3.8, 4) is 0 Å². The molecule has 0 heterocycles. The van der Waals surface area contributed by atoms with Crippen molar-refractivity contribution in [2.45, 2.75) is 46.5 Å². The molecule has 0 aliphatic rings. The Morgan fingerprint density at radius 3 is 2.33 bits per heavy atom. The molecule has 120 valence electrons. The Hall–Kier alpha value is -0.890. The van der Waals surface area contributed by atoms with Crippen LogP contribution < -0.4 is 9.80 Å². The fourth-order valence-corrected chi connectivity index (χ4v) is 2.75. The monoisotopic (exact) mass is 310 g/mol. The SMILES string of the molecule is CCCCN(CCC)c1ccc(N(C)CCCCl)cc1C. The Labute approximate surface area is 136 Å². The largest absolute Gasteiger partial charge is 0.375 e. The number of rotatable bonds is 10. The maximum absolute atomic E-state index is 5.78. The van der Waals surface area contributed by atoms with E-state index in [1.54, 1.807) is 0 Å². The quantitative estimate of drug-likeness (QED) is 0.556. The van der Waals surface area contributed by atoms with Crippen LogP contribution >= 0.6 is 11.6 Å². The molecule has 0 aromatic heterocycles. The summed E-state index contributed by atoms with van der Waals surface area (Å²) in [6.07, 6.45) is 4.73. The van der Waals surface area contributed by atoms with Gasteiger partial charge in [0, 0.05) is 43.9 Å². The van der Waals surface area contributed by atoms with Crippen LogP contribution in [-0.4, -0.2) is 32.6 Å². The van der Waals surface area contributed by atoms with Crippen LogP contribution in [0.25, 0.3) is 0 Å². The average molecular weight is 311 g/mol. The van der Waals surface area contributed by atoms with Crippen LogP contribution in [0, 0.1) is 6.92 Å². The zero-order valence-corrected chi connectivity index (χ0v) is 14.9. The predicted octanol–water partition coefficient (Wildman–Crippen LogP) is 5.08. The summed E-state index contributed by atoms with van der Waals surface area (Å²) in [6.45, 7) is 10.0. The van der Waals surface area contributed by atoms with Crippen molar-refractivity contribution in [1.82, 2.24) is 0 Å². The van der Waals surface area contributed by atoms with Gasteiger partial charge in [0.15, 0.2) is 0 Å². The Morgan fingerprint density at radius 1 is 1.00 bits per heavy atom. The van der Waals surface area contributed by atoms with E-state index in [-0.39, 0.29) is 0 Å². The molecule has 21 heavy (non-hydrogen) atoms. The van der Waals surface area contributed by atoms with Gasteiger partial charge in [-0.3, -0.25) is 0 Å². The fraction of sp³-hybridized carbons (Fsp3) is 0.667. The van der Waals surface area contributed by atoms with Crippen LogP contribution in [0.1, 0.15) is 45.1 Å². The molecule has 0 radical (unpaired) electrons. The second kappa shape index (κ2) is 9.94. The highest BCUT2D eigenvalue weighted by molar-refractivity contribution is 6.17. The van der Waals surface area contributed by atoms with Gasteiger partial charge in [0.05, 0.1) is 0 Å². The van der Waals surface area contributed by atoms with Crippen molar-refractivity contribution < 1.29 is 0 Å². The molecular weight excluding hydrogens is 280 g/mol. The summed E-state index contributed by atoms with van der Waals surface area (Å²) in [4.78, 5) is 4.82. The first-order valence-electron chi connectivity index (χ1n) is 8.26. The summed E-state index contributed by atoms with van der Waals surface area (Å²) in [6, 6.07) is 6.83. The maximum Gasteiger partial charge on any atom is 0.0397 e. The number of nitrogens with zero attached hydrogens (tertiary/aromatic N) is 2. The highest BCUT2D eigenvalue weighted by atomic mass is 35.5. The minimum Gasteiger partial charge on any atom is -0.375 e. The molecule has 0 saturated heterocycles. The second-order valence-electron chi connectivity index (χ2n) is 5.78. The first-order valence-corrected chi connectivity index (χ1v) is 8.80. The van der Waals surface area contributed by atoms with Crippen LogP contribution in [0.4, 0.5) is 11.4 Å². The third kappa shape index (κ3) is 5.78. The van der Waals surface area contributed by atoms with Crippen LogP contribution in [0.5, 0.6) is 0 Å². The lowest BCUT2D eigenvalue weighted by Gasteiger charge is -2.27. The van der Waals surface area contributed by atoms with Crippen LogP contribution in [0.3, 0.4) is 0 Å². The average Bonchev–Trinajstić information content (AvgIpc) is 2.49. The van der Waals surface area contributed by atoms with Gasteiger partial charge in [-0.25, -0.2) is 0 Å². The Bertz CT molecular complexity index is 406. The van der Waals surface area contributed by atoms with Crippen LogP contribution in [0.2, 0.25) is 0 Å². The lowest BCUT2D eigenvalue weighted by Crippen LogP contribution is -2.26. The maximum atomic E-state index is 5.78. The van der Waals surface area contributed by atoms with Gasteiger partial charge >= 0.3 is 0 Å². The topological polar surface area (TPSA) is 6.48 Å². The second-order valence-corrected chi connectivity index (χ2v) is 6.15. The first-order chi connectivity index (χ1) is 10.1. The van der Waals surface area contributed by atoms with Gasteiger partial charge in [0.25, 0.3) is 0 Å². The van der Waals surface area contributed by atoms with E-state index in [4.69, 9.17) is 11.6 Å². The van der Waals surface area contributed by atoms with Gasteiger partial charge in [0.2, 0.25) is 0 Å². The molecule has 2 nitrogen and oxygen atoms in total. The summed E-state index contributed by atoms with van der Waals surface area (Å²) in [5.74, 6) is 0.725. The Morgan fingerprint density at radius 2 is 1.76 bits per heavy atom. The number of benzene rings is 1. The van der Waals surface area contributed by atoms with Gasteiger partial charge in [-0.05, 0) is 49.9 Å². The van der Waals surface area contributed by atoms with Crippen LogP contribution in [0.15, 0.2) is 18.2 Å². The van der Waals surface area contributed by atoms with E-state index in [9.17, 15) is 0 Å². The van der Waals surface area contributed by atoms with Gasteiger partial charge in [0.1, 0.15) is 0 Å². The van der Waals surface area contributed by atoms with Gasteiger partial charge < -0.3 is 9.80 Å². The van der Waals surface area contributed by atoms with Crippen molar-refractivity contribution in [3.05, 3.63) is 23.8 Å². The van der Waals surface area contributed by atoms with Gasteiger partial charge in [-0.15, -0.1) is 11.6 Å². The van der Waals surface area contributed by atoms with E-state index in [2.05, 4.69) is 55.8 Å². The molecule has 0 spiro atoms. The Balaban J connectivity index is 2.83. The molecule has 0 unspecified atom stereocenters. The van der Waals surface area contributed by atoms with Crippen molar-refractivity contribution in [3.63, 3.8) is 0 Å². The lowest BCUT2D eigenvalue weighted by molar-refractivity contribution is 0.702. The standard InChI is InChI=1S/C18H31ClN2/c1-5-7-14-21(12-6-2)18-10-9-17(15-16(18)3)20(4)13-8-11-19/h9-10,15H,5-8,11-14H2,1-4H3. The van der Waals surface area contributed by atoms with E-state index < -0.39 is 0 Å². The van der Waals surface area contributed by atoms with Crippen molar-refractivity contribution in [2.75, 3.05) is 42.4 Å². The molecule has 0 amide bonds. The molecule has 0 aliphatic heterocycles. The number of unbranched alkanes of at least 4 members (excludes halogenated alkanes) is 1. The third-order valence-electron chi connectivity index (χ3n) is 3.86. The van der Waals surface area contributed by atoms with E-state index in [0.29, 0.717) is 0 Å². The molecule has 1 rings (SSSR count). The highest BCUT2D eigenvalue weighted by Gasteiger charge is 2.10. The molecule has 1 aromatic rings. The molecule has 0 aliphatic carbocycles. The minimum absolute atomic E-state index is 0.725. The minimum atomic E-state index is 0.725. The zero-order chi connectivity index (χ0) is 15.7. The summed E-state index contributed by atoms with van der Waals surface area (Å²) in [5, 5.41) is 0. The summed E-state index contributed by atoms with van der Waals surface area (Å²) >= 11 is 5.78. The van der Waals surface area contributed by atoms with Crippen molar-refractivity contribution in [1.29, 1.82) is 0 Å². The number of hydrogen-bond acceptors (Lipinski definition) is 2. The summed E-state index contributed by atoms with van der Waals surface area (Å²) in [5.41, 5.74) is 4.04. The molecule has 0 atom stereocenters. The normalized spacial score (nSPS) is 10.7. The van der Waals surface area contributed by atoms with Crippen molar-refractivity contribution in [2.24, 2.45) is 0 Å². The molecule has 0 bridgehead atoms. The number of alkyl halides is 1. The summed E-state index contributed by atoms with van der Waals surface area (Å²) < 4.78 is 0. The summed E-state index contributed by atoms with van der Waals surface area (Å²) in [7, 11) is 2.14. The number of hydrogen-bond donors (Lipinski definition) is 0. The molecule has 0 saturated carbocycles. The van der Waals surface area contributed by atoms with E-state index in [1.807, 2.05) is 0 Å². The van der Waals surface area contributed by atoms with Gasteiger partial charge in [-0.1, -0.05) is 20.3 Å². The van der Waals surface area contributed by atoms with E-state index in [1.165, 1.54) is 36.2 Å². The number of anilines is 2. The Kier molecular flexibility index (Phi) is 8.60. The first kappa shape index (κ1) is 18.2. The molecule has 0 N–H and O–H groups in total. The lowest BCUT2D eigenvalue weighted by atomic mass is 10.1. The molecule has 3 heteroatoms. The predicted molar refractivity (Wildman–Crippen MR) is 97.2 cm³/mol. The van der Waals surface area contributed by atoms with Crippen LogP contribution in [-0.2, 0) is 0 Å². The van der Waals surface area contributed by atoms with E-state index in [0.717, 1.165) is 31.9 Å². The number of aryl methyl sites for hydroxylation is 1. The zero-order valence-electron chi connectivity index (χ0n) is 14.2. The highest BCUT2D eigenvalue weighted by Crippen LogP contribution is 2.26.